The molecule has 3 N–H and O–H groups in total. The van der Waals surface area contributed by atoms with E-state index in [1.807, 2.05) is 0 Å². The number of aromatic nitrogens is 2. The number of hydrogen-bond acceptors (Lipinski definition) is 7. The number of hydrogen-bond donors (Lipinski definition) is 2. The summed E-state index contributed by atoms with van der Waals surface area (Å²) in [6.45, 7) is 4.81. The molecule has 1 saturated heterocycles. The molecule has 104 valence electrons. The Labute approximate surface area is 111 Å². The second-order valence-corrected chi connectivity index (χ2v) is 4.52. The first kappa shape index (κ1) is 13.5. The van der Waals surface area contributed by atoms with E-state index < -0.39 is 4.92 Å². The smallest absolute Gasteiger partial charge is 0.329 e. The second kappa shape index (κ2) is 5.79. The van der Waals surface area contributed by atoms with Gasteiger partial charge in [-0.1, -0.05) is 6.92 Å². The molecule has 1 aromatic heterocycles. The summed E-state index contributed by atoms with van der Waals surface area (Å²) in [6.07, 6.45) is 3.39. The quantitative estimate of drug-likeness (QED) is 0.600. The maximum Gasteiger partial charge on any atom is 0.329 e. The van der Waals surface area contributed by atoms with Crippen molar-refractivity contribution in [2.45, 2.75) is 25.8 Å². The molecule has 1 fully saturated rings. The molecule has 0 amide bonds. The Morgan fingerprint density at radius 1 is 1.68 bits per heavy atom. The molecule has 0 aliphatic carbocycles. The van der Waals surface area contributed by atoms with Crippen LogP contribution in [-0.2, 0) is 0 Å². The standard InChI is InChI=1S/C11H18N6O2/c1-2-16-5-3-4-8(16)6-13-10-9(17(18)19)7-14-11(12)15-10/h7-8H,2-6H2,1H3,(H3,12,13,14,15). The van der Waals surface area contributed by atoms with Crippen LogP contribution in [-0.4, -0.2) is 45.5 Å². The number of anilines is 2. The van der Waals surface area contributed by atoms with E-state index in [2.05, 4.69) is 27.1 Å². The number of rotatable bonds is 5. The van der Waals surface area contributed by atoms with Crippen LogP contribution >= 0.6 is 0 Å². The molecule has 0 aromatic carbocycles. The van der Waals surface area contributed by atoms with Gasteiger partial charge in [0.2, 0.25) is 11.8 Å². The highest BCUT2D eigenvalue weighted by atomic mass is 16.6. The molecule has 0 spiro atoms. The zero-order valence-electron chi connectivity index (χ0n) is 10.9. The summed E-state index contributed by atoms with van der Waals surface area (Å²) in [5.74, 6) is 0.229. The van der Waals surface area contributed by atoms with Gasteiger partial charge in [0.05, 0.1) is 4.92 Å². The number of nitrogens with zero attached hydrogens (tertiary/aromatic N) is 4. The van der Waals surface area contributed by atoms with Crippen molar-refractivity contribution in [3.8, 4) is 0 Å². The van der Waals surface area contributed by atoms with Gasteiger partial charge in [-0.25, -0.2) is 4.98 Å². The third-order valence-electron chi connectivity index (χ3n) is 3.40. The lowest BCUT2D eigenvalue weighted by molar-refractivity contribution is -0.384. The average molecular weight is 266 g/mol. The van der Waals surface area contributed by atoms with Gasteiger partial charge < -0.3 is 11.1 Å². The summed E-state index contributed by atoms with van der Waals surface area (Å²) in [5.41, 5.74) is 5.33. The van der Waals surface area contributed by atoms with Gasteiger partial charge in [-0.15, -0.1) is 0 Å². The van der Waals surface area contributed by atoms with Crippen molar-refractivity contribution in [3.05, 3.63) is 16.3 Å². The van der Waals surface area contributed by atoms with Gasteiger partial charge in [0.15, 0.2) is 0 Å². The van der Waals surface area contributed by atoms with E-state index in [0.717, 1.165) is 32.1 Å². The first-order valence-corrected chi connectivity index (χ1v) is 6.36. The lowest BCUT2D eigenvalue weighted by atomic mass is 10.2. The van der Waals surface area contributed by atoms with Crippen LogP contribution in [0.3, 0.4) is 0 Å². The van der Waals surface area contributed by atoms with E-state index in [4.69, 9.17) is 5.73 Å². The molecular weight excluding hydrogens is 248 g/mol. The topological polar surface area (TPSA) is 110 Å². The molecule has 2 heterocycles. The van der Waals surface area contributed by atoms with E-state index >= 15 is 0 Å². The molecule has 1 atom stereocenters. The minimum absolute atomic E-state index is 0.0341. The molecular formula is C11H18N6O2. The zero-order valence-corrected chi connectivity index (χ0v) is 10.9. The molecule has 1 aliphatic heterocycles. The SMILES string of the molecule is CCN1CCCC1CNc1nc(N)ncc1[N+](=O)[O-]. The molecule has 1 aliphatic rings. The highest BCUT2D eigenvalue weighted by molar-refractivity contribution is 5.56. The monoisotopic (exact) mass is 266 g/mol. The molecule has 1 unspecified atom stereocenters. The highest BCUT2D eigenvalue weighted by Gasteiger charge is 2.24. The van der Waals surface area contributed by atoms with Crippen molar-refractivity contribution in [1.29, 1.82) is 0 Å². The van der Waals surface area contributed by atoms with Gasteiger partial charge in [0.25, 0.3) is 0 Å². The summed E-state index contributed by atoms with van der Waals surface area (Å²) in [4.78, 5) is 20.3. The van der Waals surface area contributed by atoms with Crippen LogP contribution in [0.5, 0.6) is 0 Å². The summed E-state index contributed by atoms with van der Waals surface area (Å²) in [7, 11) is 0. The second-order valence-electron chi connectivity index (χ2n) is 4.52. The molecule has 0 bridgehead atoms. The molecule has 19 heavy (non-hydrogen) atoms. The number of nitrogen functional groups attached to an aromatic ring is 1. The number of likely N-dealkylation sites (tertiary alicyclic amines) is 1. The van der Waals surface area contributed by atoms with E-state index in [0.29, 0.717) is 12.6 Å². The summed E-state index contributed by atoms with van der Waals surface area (Å²) in [5, 5.41) is 13.9. The van der Waals surface area contributed by atoms with Crippen LogP contribution in [0.25, 0.3) is 0 Å². The Balaban J connectivity index is 2.06. The molecule has 1 aromatic rings. The number of likely N-dealkylation sites (N-methyl/N-ethyl adjacent to an activating group) is 1. The van der Waals surface area contributed by atoms with Gasteiger partial charge in [0, 0.05) is 12.6 Å². The molecule has 0 radical (unpaired) electrons. The summed E-state index contributed by atoms with van der Waals surface area (Å²) < 4.78 is 0. The first-order chi connectivity index (χ1) is 9.11. The van der Waals surface area contributed by atoms with E-state index in [9.17, 15) is 10.1 Å². The van der Waals surface area contributed by atoms with Crippen LogP contribution in [0, 0.1) is 10.1 Å². The van der Waals surface area contributed by atoms with Crippen LogP contribution in [0.1, 0.15) is 19.8 Å². The summed E-state index contributed by atoms with van der Waals surface area (Å²) in [6, 6.07) is 0.390. The van der Waals surface area contributed by atoms with Crippen molar-refractivity contribution in [1.82, 2.24) is 14.9 Å². The Hall–Kier alpha value is -1.96. The maximum absolute atomic E-state index is 10.9. The van der Waals surface area contributed by atoms with Crippen molar-refractivity contribution < 1.29 is 4.92 Å². The van der Waals surface area contributed by atoms with Crippen LogP contribution < -0.4 is 11.1 Å². The fourth-order valence-electron chi connectivity index (χ4n) is 2.41. The molecule has 0 saturated carbocycles. The number of nitrogens with two attached hydrogens (primary N) is 1. The van der Waals surface area contributed by atoms with E-state index in [1.54, 1.807) is 0 Å². The van der Waals surface area contributed by atoms with E-state index in [1.165, 1.54) is 0 Å². The molecule has 2 rings (SSSR count). The van der Waals surface area contributed by atoms with Crippen LogP contribution in [0.2, 0.25) is 0 Å². The predicted octanol–water partition coefficient (Wildman–Crippen LogP) is 0.863. The van der Waals surface area contributed by atoms with Crippen LogP contribution in [0.4, 0.5) is 17.5 Å². The molecule has 8 heteroatoms. The third kappa shape index (κ3) is 3.08. The van der Waals surface area contributed by atoms with Crippen LogP contribution in [0.15, 0.2) is 6.20 Å². The minimum atomic E-state index is -0.506. The molecule has 8 nitrogen and oxygen atoms in total. The van der Waals surface area contributed by atoms with Gasteiger partial charge in [-0.2, -0.15) is 4.98 Å². The van der Waals surface area contributed by atoms with Gasteiger partial charge in [-0.05, 0) is 25.9 Å². The largest absolute Gasteiger partial charge is 0.368 e. The lowest BCUT2D eigenvalue weighted by Gasteiger charge is -2.22. The first-order valence-electron chi connectivity index (χ1n) is 6.36. The Bertz CT molecular complexity index is 466. The third-order valence-corrected chi connectivity index (χ3v) is 3.40. The van der Waals surface area contributed by atoms with Crippen molar-refractivity contribution in [2.75, 3.05) is 30.7 Å². The average Bonchev–Trinajstić information content (AvgIpc) is 2.83. The van der Waals surface area contributed by atoms with Gasteiger partial charge in [0.1, 0.15) is 6.20 Å². The van der Waals surface area contributed by atoms with Gasteiger partial charge >= 0.3 is 5.69 Å². The highest BCUT2D eigenvalue weighted by Crippen LogP contribution is 2.23. The Morgan fingerprint density at radius 2 is 2.47 bits per heavy atom. The normalized spacial score (nSPS) is 19.5. The lowest BCUT2D eigenvalue weighted by Crippen LogP contribution is -2.34. The Morgan fingerprint density at radius 3 is 3.16 bits per heavy atom. The fraction of sp³-hybridized carbons (Fsp3) is 0.636. The number of nitro groups is 1. The van der Waals surface area contributed by atoms with Gasteiger partial charge in [-0.3, -0.25) is 15.0 Å². The predicted molar refractivity (Wildman–Crippen MR) is 71.9 cm³/mol. The zero-order chi connectivity index (χ0) is 13.8. The summed E-state index contributed by atoms with van der Waals surface area (Å²) >= 11 is 0. The fourth-order valence-corrected chi connectivity index (χ4v) is 2.41. The maximum atomic E-state index is 10.9. The van der Waals surface area contributed by atoms with E-state index in [-0.39, 0.29) is 17.5 Å². The Kier molecular flexibility index (Phi) is 4.10. The van der Waals surface area contributed by atoms with Crippen molar-refractivity contribution in [3.63, 3.8) is 0 Å². The minimum Gasteiger partial charge on any atom is -0.368 e. The van der Waals surface area contributed by atoms with Crippen molar-refractivity contribution in [2.24, 2.45) is 0 Å². The number of nitrogens with one attached hydrogen (secondary N) is 1. The van der Waals surface area contributed by atoms with Crippen molar-refractivity contribution >= 4 is 17.5 Å².